The van der Waals surface area contributed by atoms with Crippen LogP contribution in [0.4, 0.5) is 10.5 Å². The van der Waals surface area contributed by atoms with E-state index in [1.807, 2.05) is 54.8 Å². The number of hydrogen-bond donors (Lipinski definition) is 1. The van der Waals surface area contributed by atoms with Crippen LogP contribution in [0.15, 0.2) is 53.4 Å². The SMILES string of the molecule is COc1ccccc1OCCCN(C)C(=O)Nc1ccc(SC)cc1. The number of para-hydroxylation sites is 2. The molecule has 6 heteroatoms. The van der Waals surface area contributed by atoms with E-state index in [1.54, 1.807) is 30.8 Å². The molecule has 2 amide bonds. The summed E-state index contributed by atoms with van der Waals surface area (Å²) in [5.74, 6) is 1.42. The lowest BCUT2D eigenvalue weighted by molar-refractivity contribution is 0.215. The Morgan fingerprint density at radius 2 is 1.80 bits per heavy atom. The highest BCUT2D eigenvalue weighted by molar-refractivity contribution is 7.98. The first kappa shape index (κ1) is 19.0. The number of carbonyl (C=O) groups is 1. The third-order valence-corrected chi connectivity index (χ3v) is 4.40. The Hall–Kier alpha value is -2.34. The van der Waals surface area contributed by atoms with Crippen molar-refractivity contribution < 1.29 is 14.3 Å². The number of thioether (sulfide) groups is 1. The van der Waals surface area contributed by atoms with E-state index in [-0.39, 0.29) is 6.03 Å². The van der Waals surface area contributed by atoms with Crippen LogP contribution in [0.5, 0.6) is 11.5 Å². The molecule has 0 unspecified atom stereocenters. The molecule has 0 saturated carbocycles. The van der Waals surface area contributed by atoms with Gasteiger partial charge in [0.25, 0.3) is 0 Å². The van der Waals surface area contributed by atoms with Gasteiger partial charge in [-0.25, -0.2) is 4.79 Å². The second kappa shape index (κ2) is 9.84. The summed E-state index contributed by atoms with van der Waals surface area (Å²) in [5, 5.41) is 2.89. The lowest BCUT2D eigenvalue weighted by Crippen LogP contribution is -2.32. The number of amides is 2. The Balaban J connectivity index is 1.73. The number of ether oxygens (including phenoxy) is 2. The van der Waals surface area contributed by atoms with Crippen LogP contribution in [0.1, 0.15) is 6.42 Å². The van der Waals surface area contributed by atoms with E-state index in [2.05, 4.69) is 5.32 Å². The van der Waals surface area contributed by atoms with Crippen LogP contribution < -0.4 is 14.8 Å². The first-order chi connectivity index (χ1) is 12.1. The second-order valence-corrected chi connectivity index (χ2v) is 6.31. The molecule has 2 aromatic rings. The minimum Gasteiger partial charge on any atom is -0.493 e. The maximum absolute atomic E-state index is 12.2. The van der Waals surface area contributed by atoms with Gasteiger partial charge >= 0.3 is 6.03 Å². The third-order valence-electron chi connectivity index (χ3n) is 3.65. The van der Waals surface area contributed by atoms with Crippen LogP contribution >= 0.6 is 11.8 Å². The monoisotopic (exact) mass is 360 g/mol. The zero-order chi connectivity index (χ0) is 18.1. The van der Waals surface area contributed by atoms with Crippen molar-refractivity contribution in [1.29, 1.82) is 0 Å². The highest BCUT2D eigenvalue weighted by Gasteiger charge is 2.09. The molecule has 0 bridgehead atoms. The summed E-state index contributed by atoms with van der Waals surface area (Å²) in [7, 11) is 3.39. The number of urea groups is 1. The van der Waals surface area contributed by atoms with Crippen molar-refractivity contribution in [2.24, 2.45) is 0 Å². The Morgan fingerprint density at radius 1 is 1.12 bits per heavy atom. The van der Waals surface area contributed by atoms with Gasteiger partial charge in [-0.1, -0.05) is 12.1 Å². The Labute approximate surface area is 153 Å². The van der Waals surface area contributed by atoms with Crippen LogP contribution in [0.3, 0.4) is 0 Å². The molecule has 0 aliphatic rings. The van der Waals surface area contributed by atoms with E-state index in [0.717, 1.165) is 12.1 Å². The Morgan fingerprint density at radius 3 is 2.44 bits per heavy atom. The average molecular weight is 360 g/mol. The molecule has 0 fully saturated rings. The van der Waals surface area contributed by atoms with Gasteiger partial charge in [0, 0.05) is 24.2 Å². The zero-order valence-corrected chi connectivity index (χ0v) is 15.6. The van der Waals surface area contributed by atoms with Gasteiger partial charge in [-0.05, 0) is 49.1 Å². The lowest BCUT2D eigenvalue weighted by atomic mass is 10.3. The number of nitrogens with one attached hydrogen (secondary N) is 1. The molecular formula is C19H24N2O3S. The summed E-state index contributed by atoms with van der Waals surface area (Å²) in [6.07, 6.45) is 2.75. The summed E-state index contributed by atoms with van der Waals surface area (Å²) in [5.41, 5.74) is 0.792. The fourth-order valence-corrected chi connectivity index (χ4v) is 2.62. The van der Waals surface area contributed by atoms with Crippen LogP contribution in [0.25, 0.3) is 0 Å². The minimum atomic E-state index is -0.130. The van der Waals surface area contributed by atoms with E-state index in [1.165, 1.54) is 4.90 Å². The van der Waals surface area contributed by atoms with Crippen molar-refractivity contribution in [3.63, 3.8) is 0 Å². The normalized spacial score (nSPS) is 10.2. The predicted molar refractivity (Wildman–Crippen MR) is 103 cm³/mol. The summed E-state index contributed by atoms with van der Waals surface area (Å²) in [6, 6.07) is 15.2. The van der Waals surface area contributed by atoms with Crippen molar-refractivity contribution in [2.45, 2.75) is 11.3 Å². The molecule has 2 aromatic carbocycles. The van der Waals surface area contributed by atoms with Gasteiger partial charge in [0.05, 0.1) is 13.7 Å². The van der Waals surface area contributed by atoms with E-state index in [0.29, 0.717) is 24.7 Å². The van der Waals surface area contributed by atoms with Crippen LogP contribution in [-0.4, -0.2) is 44.5 Å². The standard InChI is InChI=1S/C19H24N2O3S/c1-21(19(22)20-15-9-11-16(25-3)12-10-15)13-6-14-24-18-8-5-4-7-17(18)23-2/h4-5,7-12H,6,13-14H2,1-3H3,(H,20,22). The van der Waals surface area contributed by atoms with Gasteiger partial charge in [0.2, 0.25) is 0 Å². The fraction of sp³-hybridized carbons (Fsp3) is 0.316. The zero-order valence-electron chi connectivity index (χ0n) is 14.8. The minimum absolute atomic E-state index is 0.130. The first-order valence-electron chi connectivity index (χ1n) is 8.06. The van der Waals surface area contributed by atoms with Crippen molar-refractivity contribution in [3.8, 4) is 11.5 Å². The predicted octanol–water partition coefficient (Wildman–Crippen LogP) is 4.35. The number of benzene rings is 2. The quantitative estimate of drug-likeness (QED) is 0.562. The summed E-state index contributed by atoms with van der Waals surface area (Å²) >= 11 is 1.67. The topological polar surface area (TPSA) is 50.8 Å². The highest BCUT2D eigenvalue weighted by atomic mass is 32.2. The number of carbonyl (C=O) groups excluding carboxylic acids is 1. The van der Waals surface area contributed by atoms with Gasteiger partial charge in [-0.3, -0.25) is 0 Å². The molecule has 0 aromatic heterocycles. The van der Waals surface area contributed by atoms with Gasteiger partial charge in [-0.2, -0.15) is 0 Å². The largest absolute Gasteiger partial charge is 0.493 e. The Kier molecular flexibility index (Phi) is 7.47. The van der Waals surface area contributed by atoms with Gasteiger partial charge in [0.1, 0.15) is 0 Å². The van der Waals surface area contributed by atoms with Crippen LogP contribution in [-0.2, 0) is 0 Å². The van der Waals surface area contributed by atoms with E-state index in [9.17, 15) is 4.79 Å². The van der Waals surface area contributed by atoms with Crippen molar-refractivity contribution in [1.82, 2.24) is 4.90 Å². The molecule has 0 aliphatic heterocycles. The van der Waals surface area contributed by atoms with Crippen LogP contribution in [0, 0.1) is 0 Å². The maximum atomic E-state index is 12.2. The maximum Gasteiger partial charge on any atom is 0.321 e. The summed E-state index contributed by atoms with van der Waals surface area (Å²) < 4.78 is 11.0. The fourth-order valence-electron chi connectivity index (χ4n) is 2.22. The van der Waals surface area contributed by atoms with E-state index in [4.69, 9.17) is 9.47 Å². The van der Waals surface area contributed by atoms with Gasteiger partial charge in [-0.15, -0.1) is 11.8 Å². The Bertz CT molecular complexity index is 677. The number of rotatable bonds is 8. The van der Waals surface area contributed by atoms with Crippen molar-refractivity contribution >= 4 is 23.5 Å². The highest BCUT2D eigenvalue weighted by Crippen LogP contribution is 2.25. The molecule has 134 valence electrons. The molecule has 0 heterocycles. The molecule has 2 rings (SSSR count). The molecule has 0 saturated heterocycles. The second-order valence-electron chi connectivity index (χ2n) is 5.43. The molecule has 1 N–H and O–H groups in total. The molecule has 0 aliphatic carbocycles. The van der Waals surface area contributed by atoms with E-state index < -0.39 is 0 Å². The van der Waals surface area contributed by atoms with Crippen molar-refractivity contribution in [3.05, 3.63) is 48.5 Å². The average Bonchev–Trinajstić information content (AvgIpc) is 2.65. The van der Waals surface area contributed by atoms with Gasteiger partial charge in [0.15, 0.2) is 11.5 Å². The molecule has 0 atom stereocenters. The molecular weight excluding hydrogens is 336 g/mol. The number of hydrogen-bond acceptors (Lipinski definition) is 4. The molecule has 5 nitrogen and oxygen atoms in total. The molecule has 0 radical (unpaired) electrons. The number of methoxy groups -OCH3 is 1. The summed E-state index contributed by atoms with van der Waals surface area (Å²) in [4.78, 5) is 15.0. The smallest absolute Gasteiger partial charge is 0.321 e. The number of nitrogens with zero attached hydrogens (tertiary/aromatic N) is 1. The molecule has 25 heavy (non-hydrogen) atoms. The molecule has 0 spiro atoms. The lowest BCUT2D eigenvalue weighted by Gasteiger charge is -2.18. The van der Waals surface area contributed by atoms with Crippen molar-refractivity contribution in [2.75, 3.05) is 38.9 Å². The van der Waals surface area contributed by atoms with Crippen LogP contribution in [0.2, 0.25) is 0 Å². The third kappa shape index (κ3) is 5.90. The van der Waals surface area contributed by atoms with E-state index >= 15 is 0 Å². The number of anilines is 1. The summed E-state index contributed by atoms with van der Waals surface area (Å²) in [6.45, 7) is 1.12. The first-order valence-corrected chi connectivity index (χ1v) is 9.28. The van der Waals surface area contributed by atoms with Gasteiger partial charge < -0.3 is 19.7 Å².